The Morgan fingerprint density at radius 1 is 1.50 bits per heavy atom. The number of nitrogens with zero attached hydrogens (tertiary/aromatic N) is 2. The lowest BCUT2D eigenvalue weighted by atomic mass is 10.1. The number of likely N-dealkylation sites (N-methyl/N-ethyl adjacent to an activating group) is 2. The summed E-state index contributed by atoms with van der Waals surface area (Å²) in [6, 6.07) is 6.51. The van der Waals surface area contributed by atoms with Crippen LogP contribution in [0.15, 0.2) is 18.2 Å². The predicted octanol–water partition coefficient (Wildman–Crippen LogP) is 1.35. The molecule has 1 rings (SSSR count). The van der Waals surface area contributed by atoms with Crippen LogP contribution in [0.5, 0.6) is 0 Å². The van der Waals surface area contributed by atoms with Crippen molar-refractivity contribution in [2.45, 2.75) is 6.54 Å². The lowest BCUT2D eigenvalue weighted by Crippen LogP contribution is -2.26. The van der Waals surface area contributed by atoms with Crippen molar-refractivity contribution in [3.05, 3.63) is 35.1 Å². The Morgan fingerprint density at radius 2 is 2.25 bits per heavy atom. The first kappa shape index (κ1) is 12.6. The lowest BCUT2D eigenvalue weighted by Gasteiger charge is -2.16. The van der Waals surface area contributed by atoms with E-state index in [4.69, 9.17) is 5.26 Å². The second kappa shape index (κ2) is 6.21. The van der Waals surface area contributed by atoms with Crippen LogP contribution in [0.3, 0.4) is 0 Å². The van der Waals surface area contributed by atoms with Gasteiger partial charge in [-0.3, -0.25) is 0 Å². The van der Waals surface area contributed by atoms with E-state index < -0.39 is 5.82 Å². The van der Waals surface area contributed by atoms with Gasteiger partial charge in [-0.1, -0.05) is 6.07 Å². The van der Waals surface area contributed by atoms with Gasteiger partial charge in [-0.15, -0.1) is 0 Å². The van der Waals surface area contributed by atoms with Gasteiger partial charge in [0.25, 0.3) is 0 Å². The van der Waals surface area contributed by atoms with Crippen molar-refractivity contribution >= 4 is 0 Å². The summed E-state index contributed by atoms with van der Waals surface area (Å²) in [6.45, 7) is 2.54. The van der Waals surface area contributed by atoms with E-state index in [0.29, 0.717) is 0 Å². The maximum absolute atomic E-state index is 13.1. The molecule has 1 aromatic rings. The van der Waals surface area contributed by atoms with E-state index >= 15 is 0 Å². The zero-order valence-electron chi connectivity index (χ0n) is 9.63. The van der Waals surface area contributed by atoms with Gasteiger partial charge in [0, 0.05) is 19.6 Å². The van der Waals surface area contributed by atoms with Crippen molar-refractivity contribution in [3.8, 4) is 6.07 Å². The molecule has 0 aromatic heterocycles. The first-order chi connectivity index (χ1) is 7.67. The number of hydrogen-bond acceptors (Lipinski definition) is 3. The Hall–Kier alpha value is -1.44. The van der Waals surface area contributed by atoms with Gasteiger partial charge >= 0.3 is 0 Å². The van der Waals surface area contributed by atoms with Gasteiger partial charge in [-0.25, -0.2) is 4.39 Å². The van der Waals surface area contributed by atoms with Crippen LogP contribution < -0.4 is 5.32 Å². The van der Waals surface area contributed by atoms with Gasteiger partial charge in [0.05, 0.1) is 5.56 Å². The summed E-state index contributed by atoms with van der Waals surface area (Å²) in [4.78, 5) is 2.12. The van der Waals surface area contributed by atoms with Crippen LogP contribution in [-0.4, -0.2) is 32.1 Å². The molecule has 0 unspecified atom stereocenters. The number of hydrogen-bond donors (Lipinski definition) is 1. The summed E-state index contributed by atoms with van der Waals surface area (Å²) in [5, 5.41) is 11.8. The van der Waals surface area contributed by atoms with Crippen LogP contribution in [0.2, 0.25) is 0 Å². The minimum absolute atomic E-state index is 0.111. The molecule has 0 atom stereocenters. The molecule has 0 spiro atoms. The lowest BCUT2D eigenvalue weighted by molar-refractivity contribution is 0.328. The summed E-state index contributed by atoms with van der Waals surface area (Å²) in [7, 11) is 3.90. The number of nitrogens with one attached hydrogen (secondary N) is 1. The molecular formula is C12H16FN3. The van der Waals surface area contributed by atoms with Crippen LogP contribution >= 0.6 is 0 Å². The summed E-state index contributed by atoms with van der Waals surface area (Å²) in [5.74, 6) is -0.455. The zero-order valence-corrected chi connectivity index (χ0v) is 9.63. The summed E-state index contributed by atoms with van der Waals surface area (Å²) in [5.41, 5.74) is 1.07. The van der Waals surface area contributed by atoms with Crippen LogP contribution in [0.1, 0.15) is 11.1 Å². The van der Waals surface area contributed by atoms with Crippen LogP contribution in [0.4, 0.5) is 4.39 Å². The van der Waals surface area contributed by atoms with Gasteiger partial charge in [-0.2, -0.15) is 5.26 Å². The van der Waals surface area contributed by atoms with Crippen LogP contribution in [0.25, 0.3) is 0 Å². The topological polar surface area (TPSA) is 39.1 Å². The predicted molar refractivity (Wildman–Crippen MR) is 61.4 cm³/mol. The van der Waals surface area contributed by atoms with Gasteiger partial charge < -0.3 is 10.2 Å². The Balaban J connectivity index is 2.64. The van der Waals surface area contributed by atoms with Crippen molar-refractivity contribution in [3.63, 3.8) is 0 Å². The molecule has 0 aliphatic heterocycles. The van der Waals surface area contributed by atoms with E-state index in [2.05, 4.69) is 10.2 Å². The minimum atomic E-state index is -0.455. The van der Waals surface area contributed by atoms with Gasteiger partial charge in [0.15, 0.2) is 0 Å². The molecule has 0 radical (unpaired) electrons. The third-order valence-corrected chi connectivity index (χ3v) is 2.35. The number of benzene rings is 1. The second-order valence-electron chi connectivity index (χ2n) is 3.77. The quantitative estimate of drug-likeness (QED) is 0.815. The molecule has 1 N–H and O–H groups in total. The zero-order chi connectivity index (χ0) is 12.0. The highest BCUT2D eigenvalue weighted by Crippen LogP contribution is 2.10. The van der Waals surface area contributed by atoms with E-state index in [1.807, 2.05) is 20.2 Å². The van der Waals surface area contributed by atoms with E-state index in [0.717, 1.165) is 25.2 Å². The fraction of sp³-hybridized carbons (Fsp3) is 0.417. The van der Waals surface area contributed by atoms with Crippen molar-refractivity contribution in [2.75, 3.05) is 27.2 Å². The minimum Gasteiger partial charge on any atom is -0.318 e. The normalized spacial score (nSPS) is 10.4. The van der Waals surface area contributed by atoms with E-state index in [9.17, 15) is 4.39 Å². The first-order valence-corrected chi connectivity index (χ1v) is 5.19. The van der Waals surface area contributed by atoms with Crippen LogP contribution in [-0.2, 0) is 6.54 Å². The van der Waals surface area contributed by atoms with Crippen LogP contribution in [0, 0.1) is 17.1 Å². The highest BCUT2D eigenvalue weighted by Gasteiger charge is 2.04. The van der Waals surface area contributed by atoms with E-state index in [-0.39, 0.29) is 5.56 Å². The van der Waals surface area contributed by atoms with Gasteiger partial charge in [0.2, 0.25) is 0 Å². The number of nitriles is 1. The summed E-state index contributed by atoms with van der Waals surface area (Å²) >= 11 is 0. The highest BCUT2D eigenvalue weighted by molar-refractivity contribution is 5.34. The SMILES string of the molecule is CNCCN(C)Cc1ccc(F)c(C#N)c1. The molecule has 0 aliphatic rings. The average molecular weight is 221 g/mol. The molecule has 0 amide bonds. The Kier molecular flexibility index (Phi) is 4.90. The van der Waals surface area contributed by atoms with Crippen molar-refractivity contribution in [1.82, 2.24) is 10.2 Å². The fourth-order valence-corrected chi connectivity index (χ4v) is 1.45. The maximum Gasteiger partial charge on any atom is 0.140 e. The van der Waals surface area contributed by atoms with Gasteiger partial charge in [0.1, 0.15) is 11.9 Å². The molecule has 0 fully saturated rings. The average Bonchev–Trinajstić information content (AvgIpc) is 2.29. The Labute approximate surface area is 95.5 Å². The molecule has 0 saturated heterocycles. The summed E-state index contributed by atoms with van der Waals surface area (Å²) in [6.07, 6.45) is 0. The van der Waals surface area contributed by atoms with Crippen molar-refractivity contribution < 1.29 is 4.39 Å². The third kappa shape index (κ3) is 3.61. The molecule has 0 heterocycles. The number of halogens is 1. The third-order valence-electron chi connectivity index (χ3n) is 2.35. The smallest absolute Gasteiger partial charge is 0.140 e. The molecule has 86 valence electrons. The number of rotatable bonds is 5. The molecule has 0 aliphatic carbocycles. The van der Waals surface area contributed by atoms with Gasteiger partial charge in [-0.05, 0) is 31.8 Å². The second-order valence-corrected chi connectivity index (χ2v) is 3.77. The standard InChI is InChI=1S/C12H16FN3/c1-15-5-6-16(2)9-10-3-4-12(13)11(7-10)8-14/h3-4,7,15H,5-6,9H2,1-2H3. The first-order valence-electron chi connectivity index (χ1n) is 5.19. The molecule has 3 nitrogen and oxygen atoms in total. The van der Waals surface area contributed by atoms with Crippen molar-refractivity contribution in [1.29, 1.82) is 5.26 Å². The molecule has 16 heavy (non-hydrogen) atoms. The highest BCUT2D eigenvalue weighted by atomic mass is 19.1. The molecule has 1 aromatic carbocycles. The van der Waals surface area contributed by atoms with Crippen molar-refractivity contribution in [2.24, 2.45) is 0 Å². The Morgan fingerprint density at radius 3 is 2.88 bits per heavy atom. The molecule has 4 heteroatoms. The summed E-state index contributed by atoms with van der Waals surface area (Å²) < 4.78 is 13.1. The largest absolute Gasteiger partial charge is 0.318 e. The molecular weight excluding hydrogens is 205 g/mol. The monoisotopic (exact) mass is 221 g/mol. The molecule has 0 saturated carbocycles. The fourth-order valence-electron chi connectivity index (χ4n) is 1.45. The Bertz CT molecular complexity index is 384. The van der Waals surface area contributed by atoms with E-state index in [1.54, 1.807) is 12.1 Å². The maximum atomic E-state index is 13.1. The van der Waals surface area contributed by atoms with E-state index in [1.165, 1.54) is 6.07 Å². The molecule has 0 bridgehead atoms.